The van der Waals surface area contributed by atoms with E-state index in [1.165, 1.54) is 11.4 Å². The van der Waals surface area contributed by atoms with Gasteiger partial charge in [0.25, 0.3) is 0 Å². The smallest absolute Gasteiger partial charge is 0.242 e. The lowest BCUT2D eigenvalue weighted by molar-refractivity contribution is -0.123. The molecule has 37 heavy (non-hydrogen) atoms. The number of piperazine rings is 1. The van der Waals surface area contributed by atoms with Crippen LogP contribution in [0, 0.1) is 6.92 Å². The van der Waals surface area contributed by atoms with Gasteiger partial charge in [0.15, 0.2) is 4.75 Å². The van der Waals surface area contributed by atoms with E-state index in [9.17, 15) is 13.2 Å². The number of carbonyl (C=O) groups is 1. The van der Waals surface area contributed by atoms with Gasteiger partial charge in [-0.25, -0.2) is 13.4 Å². The number of aromatic nitrogens is 1. The van der Waals surface area contributed by atoms with Gasteiger partial charge in [0.05, 0.1) is 6.61 Å². The van der Waals surface area contributed by atoms with E-state index >= 15 is 0 Å². The van der Waals surface area contributed by atoms with Crippen LogP contribution in [0.5, 0.6) is 5.75 Å². The molecule has 3 heterocycles. The number of hydrogen-bond acceptors (Lipinski definition) is 7. The minimum atomic E-state index is -3.87. The number of sulfonamides is 1. The van der Waals surface area contributed by atoms with Crippen molar-refractivity contribution in [1.82, 2.24) is 14.6 Å². The maximum absolute atomic E-state index is 14.0. The van der Waals surface area contributed by atoms with E-state index in [0.717, 1.165) is 35.7 Å². The summed E-state index contributed by atoms with van der Waals surface area (Å²) in [5.41, 5.74) is 2.11. The first-order valence-corrected chi connectivity index (χ1v) is 14.6. The Balaban J connectivity index is 1.42. The van der Waals surface area contributed by atoms with Crippen molar-refractivity contribution in [2.75, 3.05) is 62.7 Å². The molecule has 0 aliphatic carbocycles. The second-order valence-electron chi connectivity index (χ2n) is 9.84. The number of piperidine rings is 1. The molecule has 0 saturated carbocycles. The molecule has 202 valence electrons. The molecule has 0 bridgehead atoms. The largest absolute Gasteiger partial charge is 0.494 e. The summed E-state index contributed by atoms with van der Waals surface area (Å²) in [5.74, 6) is 1.23. The van der Waals surface area contributed by atoms with Crippen LogP contribution in [0.4, 0.5) is 11.5 Å². The zero-order chi connectivity index (χ0) is 26.5. The van der Waals surface area contributed by atoms with Gasteiger partial charge in [0, 0.05) is 58.2 Å². The Kier molecular flexibility index (Phi) is 8.59. The van der Waals surface area contributed by atoms with E-state index in [2.05, 4.69) is 27.0 Å². The molecule has 1 N–H and O–H groups in total. The van der Waals surface area contributed by atoms with Crippen molar-refractivity contribution in [3.05, 3.63) is 48.2 Å². The Hall–Kier alpha value is -2.85. The van der Waals surface area contributed by atoms with Gasteiger partial charge < -0.3 is 19.9 Å². The highest BCUT2D eigenvalue weighted by Crippen LogP contribution is 2.36. The Labute approximate surface area is 220 Å². The predicted octanol–water partition coefficient (Wildman–Crippen LogP) is 2.81. The fourth-order valence-corrected chi connectivity index (χ4v) is 7.27. The van der Waals surface area contributed by atoms with Gasteiger partial charge in [-0.1, -0.05) is 19.4 Å². The van der Waals surface area contributed by atoms with Crippen LogP contribution in [0.2, 0.25) is 0 Å². The summed E-state index contributed by atoms with van der Waals surface area (Å²) < 4.78 is 33.7. The van der Waals surface area contributed by atoms with Crippen LogP contribution >= 0.6 is 0 Å². The summed E-state index contributed by atoms with van der Waals surface area (Å²) in [6.45, 7) is 7.56. The second kappa shape index (κ2) is 11.7. The number of ether oxygens (including phenoxy) is 1. The number of hydrogen-bond donors (Lipinski definition) is 1. The maximum Gasteiger partial charge on any atom is 0.242 e. The first-order chi connectivity index (χ1) is 17.8. The first kappa shape index (κ1) is 27.2. The van der Waals surface area contributed by atoms with Crippen molar-refractivity contribution in [1.29, 1.82) is 0 Å². The monoisotopic (exact) mass is 529 g/mol. The number of carbonyl (C=O) groups excluding carboxylic acids is 1. The molecule has 1 aromatic heterocycles. The molecule has 10 heteroatoms. The molecule has 0 spiro atoms. The van der Waals surface area contributed by atoms with Crippen LogP contribution in [0.25, 0.3) is 0 Å². The number of unbranched alkanes of at least 4 members (excludes halogenated alkanes) is 1. The van der Waals surface area contributed by atoms with E-state index in [0.29, 0.717) is 45.9 Å². The number of nitrogens with one attached hydrogen (secondary N) is 1. The number of aryl methyl sites for hydroxylation is 1. The molecule has 1 aromatic carbocycles. The first-order valence-electron chi connectivity index (χ1n) is 13.2. The highest BCUT2D eigenvalue weighted by Gasteiger charge is 2.54. The molecular weight excluding hydrogens is 490 g/mol. The van der Waals surface area contributed by atoms with Gasteiger partial charge in [0.1, 0.15) is 11.6 Å². The van der Waals surface area contributed by atoms with E-state index in [1.54, 1.807) is 6.20 Å². The zero-order valence-corrected chi connectivity index (χ0v) is 23.0. The topological polar surface area (TPSA) is 95.1 Å². The normalized spacial score (nSPS) is 18.5. The number of nitrogens with zero attached hydrogens (tertiary/aromatic N) is 4. The lowest BCUT2D eigenvalue weighted by Crippen LogP contribution is -2.63. The van der Waals surface area contributed by atoms with Crippen molar-refractivity contribution >= 4 is 27.4 Å². The Morgan fingerprint density at radius 1 is 1.00 bits per heavy atom. The molecule has 9 nitrogen and oxygen atoms in total. The van der Waals surface area contributed by atoms with Gasteiger partial charge >= 0.3 is 0 Å². The summed E-state index contributed by atoms with van der Waals surface area (Å²) in [7, 11) is -2.35. The Morgan fingerprint density at radius 2 is 1.68 bits per heavy atom. The lowest BCUT2D eigenvalue weighted by Gasteiger charge is -2.44. The molecular formula is C27H39N5O4S. The number of benzene rings is 1. The van der Waals surface area contributed by atoms with Gasteiger partial charge in [-0.3, -0.25) is 4.79 Å². The third-order valence-corrected chi connectivity index (χ3v) is 10.1. The van der Waals surface area contributed by atoms with E-state index < -0.39 is 20.7 Å². The summed E-state index contributed by atoms with van der Waals surface area (Å²) in [6, 6.07) is 11.9. The van der Waals surface area contributed by atoms with E-state index in [1.807, 2.05) is 43.3 Å². The van der Waals surface area contributed by atoms with E-state index in [4.69, 9.17) is 4.74 Å². The SMILES string of the molecule is CCCCOc1ccc(N2CCN(S(=O)(=O)C3(C(=O)NC)CCN(c4ccc(C)cn4)CC3)CC2)cc1. The number of rotatable bonds is 9. The van der Waals surface area contributed by atoms with Crippen LogP contribution in [0.1, 0.15) is 38.2 Å². The molecule has 2 aliphatic rings. The minimum absolute atomic E-state index is 0.226. The van der Waals surface area contributed by atoms with Gasteiger partial charge in [0.2, 0.25) is 15.9 Å². The van der Waals surface area contributed by atoms with Crippen LogP contribution in [-0.2, 0) is 14.8 Å². The molecule has 0 atom stereocenters. The molecule has 2 aliphatic heterocycles. The lowest BCUT2D eigenvalue weighted by atomic mass is 9.94. The summed E-state index contributed by atoms with van der Waals surface area (Å²) in [4.78, 5) is 21.8. The van der Waals surface area contributed by atoms with Crippen LogP contribution in [-0.4, -0.2) is 81.3 Å². The molecule has 2 aromatic rings. The Morgan fingerprint density at radius 3 is 2.24 bits per heavy atom. The van der Waals surface area contributed by atoms with Crippen molar-refractivity contribution in [3.8, 4) is 5.75 Å². The van der Waals surface area contributed by atoms with Gasteiger partial charge in [-0.2, -0.15) is 4.31 Å². The third kappa shape index (κ3) is 5.70. The van der Waals surface area contributed by atoms with Crippen molar-refractivity contribution in [2.24, 2.45) is 0 Å². The molecule has 4 rings (SSSR count). The molecule has 0 radical (unpaired) electrons. The van der Waals surface area contributed by atoms with Crippen LogP contribution < -0.4 is 19.9 Å². The number of anilines is 2. The average molecular weight is 530 g/mol. The molecule has 0 unspecified atom stereocenters. The predicted molar refractivity (Wildman–Crippen MR) is 147 cm³/mol. The summed E-state index contributed by atoms with van der Waals surface area (Å²) in [6.07, 6.45) is 4.37. The zero-order valence-electron chi connectivity index (χ0n) is 22.1. The van der Waals surface area contributed by atoms with Crippen LogP contribution in [0.15, 0.2) is 42.6 Å². The van der Waals surface area contributed by atoms with Crippen LogP contribution in [0.3, 0.4) is 0 Å². The van der Waals surface area contributed by atoms with Gasteiger partial charge in [-0.15, -0.1) is 0 Å². The standard InChI is InChI=1S/C27H39N5O4S/c1-4-5-20-36-24-9-7-23(8-10-24)30-16-18-32(19-17-30)37(34,35)27(26(33)28-3)12-14-31(15-13-27)25-11-6-22(2)21-29-25/h6-11,21H,4-5,12-20H2,1-3H3,(H,28,33). The fraction of sp³-hybridized carbons (Fsp3) is 0.556. The molecule has 2 saturated heterocycles. The summed E-state index contributed by atoms with van der Waals surface area (Å²) in [5, 5.41) is 2.64. The van der Waals surface area contributed by atoms with Crippen molar-refractivity contribution < 1.29 is 17.9 Å². The van der Waals surface area contributed by atoms with E-state index in [-0.39, 0.29) is 12.8 Å². The highest BCUT2D eigenvalue weighted by atomic mass is 32.2. The second-order valence-corrected chi connectivity index (χ2v) is 12.1. The molecule has 1 amide bonds. The van der Waals surface area contributed by atoms with Crippen molar-refractivity contribution in [3.63, 3.8) is 0 Å². The quantitative estimate of drug-likeness (QED) is 0.499. The fourth-order valence-electron chi connectivity index (χ4n) is 5.10. The van der Waals surface area contributed by atoms with Gasteiger partial charge in [-0.05, 0) is 62.1 Å². The average Bonchev–Trinajstić information content (AvgIpc) is 2.93. The van der Waals surface area contributed by atoms with Crippen molar-refractivity contribution in [2.45, 2.75) is 44.3 Å². The third-order valence-electron chi connectivity index (χ3n) is 7.47. The Bertz CT molecular complexity index is 1140. The summed E-state index contributed by atoms with van der Waals surface area (Å²) >= 11 is 0. The number of pyridine rings is 1. The highest BCUT2D eigenvalue weighted by molar-refractivity contribution is 7.91. The molecule has 2 fully saturated rings. The number of amides is 1. The minimum Gasteiger partial charge on any atom is -0.494 e. The maximum atomic E-state index is 14.0.